The van der Waals surface area contributed by atoms with Crippen LogP contribution in [0.1, 0.15) is 39.0 Å². The fourth-order valence-corrected chi connectivity index (χ4v) is 7.89. The maximum Gasteiger partial charge on any atom is 0.115 e. The number of rotatable bonds is 10. The van der Waals surface area contributed by atoms with Crippen LogP contribution in [0.5, 0.6) is 0 Å². The third kappa shape index (κ3) is 5.00. The highest BCUT2D eigenvalue weighted by atomic mass is 31.2. The Morgan fingerprint density at radius 2 is 1.04 bits per heavy atom. The Morgan fingerprint density at radius 3 is 1.46 bits per heavy atom. The smallest absolute Gasteiger partial charge is 0.0849 e. The van der Waals surface area contributed by atoms with Gasteiger partial charge in [0.1, 0.15) is 23.2 Å². The zero-order valence-corrected chi connectivity index (χ0v) is 17.9. The van der Waals surface area contributed by atoms with Gasteiger partial charge in [-0.2, -0.15) is 0 Å². The molecule has 0 aliphatic rings. The van der Waals surface area contributed by atoms with Crippen LogP contribution in [-0.4, -0.2) is 6.16 Å². The minimum absolute atomic E-state index is 1.08. The SMILES string of the molecule is CCCCCC/C=C/C[P+](c1ccccc1)(c1ccccc1)c1ccccc1. The van der Waals surface area contributed by atoms with Gasteiger partial charge in [-0.3, -0.25) is 0 Å². The van der Waals surface area contributed by atoms with Gasteiger partial charge in [0.25, 0.3) is 0 Å². The molecule has 0 amide bonds. The fraction of sp³-hybridized carbons (Fsp3) is 0.259. The molecule has 0 bridgehead atoms. The second kappa shape index (κ2) is 11.0. The molecule has 1 heteroatoms. The minimum atomic E-state index is -1.70. The van der Waals surface area contributed by atoms with E-state index < -0.39 is 7.26 Å². The third-order valence-electron chi connectivity index (χ3n) is 5.36. The monoisotopic (exact) mass is 387 g/mol. The molecule has 0 saturated carbocycles. The Bertz CT molecular complexity index is 725. The lowest BCUT2D eigenvalue weighted by Crippen LogP contribution is -2.32. The van der Waals surface area contributed by atoms with E-state index in [0.29, 0.717) is 0 Å². The quantitative estimate of drug-likeness (QED) is 0.211. The predicted molar refractivity (Wildman–Crippen MR) is 128 cm³/mol. The van der Waals surface area contributed by atoms with Gasteiger partial charge in [-0.1, -0.05) is 92.9 Å². The Morgan fingerprint density at radius 1 is 0.571 bits per heavy atom. The highest BCUT2D eigenvalue weighted by Gasteiger charge is 2.43. The van der Waals surface area contributed by atoms with Crippen LogP contribution >= 0.6 is 7.26 Å². The molecule has 0 spiro atoms. The van der Waals surface area contributed by atoms with Gasteiger partial charge < -0.3 is 0 Å². The van der Waals surface area contributed by atoms with Crippen LogP contribution in [0.2, 0.25) is 0 Å². The molecule has 0 aliphatic carbocycles. The van der Waals surface area contributed by atoms with Crippen molar-refractivity contribution in [2.75, 3.05) is 6.16 Å². The first-order valence-electron chi connectivity index (χ1n) is 10.6. The molecule has 28 heavy (non-hydrogen) atoms. The van der Waals surface area contributed by atoms with E-state index >= 15 is 0 Å². The van der Waals surface area contributed by atoms with Crippen LogP contribution in [0, 0.1) is 0 Å². The average molecular weight is 388 g/mol. The Hall–Kier alpha value is -2.17. The number of allylic oxidation sites excluding steroid dienone is 2. The van der Waals surface area contributed by atoms with Gasteiger partial charge in [-0.15, -0.1) is 0 Å². The van der Waals surface area contributed by atoms with Crippen LogP contribution in [0.4, 0.5) is 0 Å². The summed E-state index contributed by atoms with van der Waals surface area (Å²) in [6.45, 7) is 2.27. The molecular weight excluding hydrogens is 355 g/mol. The average Bonchev–Trinajstić information content (AvgIpc) is 2.78. The van der Waals surface area contributed by atoms with Gasteiger partial charge in [0.2, 0.25) is 0 Å². The molecule has 3 rings (SSSR count). The van der Waals surface area contributed by atoms with Gasteiger partial charge in [0.15, 0.2) is 0 Å². The van der Waals surface area contributed by atoms with Crippen LogP contribution < -0.4 is 15.9 Å². The summed E-state index contributed by atoms with van der Waals surface area (Å²) in [6, 6.07) is 33.4. The van der Waals surface area contributed by atoms with E-state index in [9.17, 15) is 0 Å². The van der Waals surface area contributed by atoms with Gasteiger partial charge in [0, 0.05) is 0 Å². The zero-order chi connectivity index (χ0) is 19.5. The molecule has 0 heterocycles. The van der Waals surface area contributed by atoms with Crippen LogP contribution in [0.15, 0.2) is 103 Å². The lowest BCUT2D eigenvalue weighted by atomic mass is 10.1. The molecule has 0 fully saturated rings. The molecule has 0 aliphatic heterocycles. The molecule has 0 atom stereocenters. The van der Waals surface area contributed by atoms with E-state index in [1.165, 1.54) is 48.0 Å². The summed E-state index contributed by atoms with van der Waals surface area (Å²) in [5, 5.41) is 4.38. The molecular formula is C27H32P+. The van der Waals surface area contributed by atoms with Crippen molar-refractivity contribution in [3.05, 3.63) is 103 Å². The summed E-state index contributed by atoms with van der Waals surface area (Å²) in [6.07, 6.45) is 12.4. The summed E-state index contributed by atoms with van der Waals surface area (Å²) >= 11 is 0. The van der Waals surface area contributed by atoms with Gasteiger partial charge in [-0.05, 0) is 49.2 Å². The first-order chi connectivity index (χ1) is 13.9. The van der Waals surface area contributed by atoms with Crippen LogP contribution in [-0.2, 0) is 0 Å². The maximum atomic E-state index is 2.45. The van der Waals surface area contributed by atoms with E-state index in [1.54, 1.807) is 0 Å². The first-order valence-corrected chi connectivity index (χ1v) is 12.6. The van der Waals surface area contributed by atoms with Crippen molar-refractivity contribution in [1.29, 1.82) is 0 Å². The van der Waals surface area contributed by atoms with Crippen molar-refractivity contribution in [2.24, 2.45) is 0 Å². The fourth-order valence-electron chi connectivity index (χ4n) is 3.85. The van der Waals surface area contributed by atoms with E-state index in [2.05, 4.69) is 110 Å². The summed E-state index contributed by atoms with van der Waals surface area (Å²) < 4.78 is 0. The number of hydrogen-bond donors (Lipinski definition) is 0. The maximum absolute atomic E-state index is 2.45. The predicted octanol–water partition coefficient (Wildman–Crippen LogP) is 6.51. The zero-order valence-electron chi connectivity index (χ0n) is 17.0. The highest BCUT2D eigenvalue weighted by Crippen LogP contribution is 2.55. The molecule has 144 valence electrons. The largest absolute Gasteiger partial charge is 0.115 e. The van der Waals surface area contributed by atoms with Gasteiger partial charge in [-0.25, -0.2) is 0 Å². The van der Waals surface area contributed by atoms with Crippen molar-refractivity contribution in [3.8, 4) is 0 Å². The Kier molecular flexibility index (Phi) is 8.07. The molecule has 0 nitrogen and oxygen atoms in total. The van der Waals surface area contributed by atoms with E-state index in [0.717, 1.165) is 6.16 Å². The van der Waals surface area contributed by atoms with Gasteiger partial charge in [0.05, 0.1) is 6.16 Å². The molecule has 0 radical (unpaired) electrons. The molecule has 0 aromatic heterocycles. The first kappa shape index (κ1) is 20.6. The summed E-state index contributed by atoms with van der Waals surface area (Å²) in [4.78, 5) is 0. The van der Waals surface area contributed by atoms with Crippen molar-refractivity contribution in [1.82, 2.24) is 0 Å². The number of unbranched alkanes of at least 4 members (excludes halogenated alkanes) is 4. The van der Waals surface area contributed by atoms with E-state index in [-0.39, 0.29) is 0 Å². The lowest BCUT2D eigenvalue weighted by Gasteiger charge is -2.26. The normalized spacial score (nSPS) is 11.8. The molecule has 3 aromatic rings. The molecule has 0 N–H and O–H groups in total. The second-order valence-corrected chi connectivity index (χ2v) is 10.9. The molecule has 0 saturated heterocycles. The summed E-state index contributed by atoms with van der Waals surface area (Å²) in [5.41, 5.74) is 0. The number of benzene rings is 3. The Balaban J connectivity index is 1.98. The lowest BCUT2D eigenvalue weighted by molar-refractivity contribution is 0.674. The van der Waals surface area contributed by atoms with Crippen molar-refractivity contribution in [3.63, 3.8) is 0 Å². The van der Waals surface area contributed by atoms with Crippen molar-refractivity contribution in [2.45, 2.75) is 39.0 Å². The summed E-state index contributed by atoms with van der Waals surface area (Å²) in [5.74, 6) is 0. The number of hydrogen-bond acceptors (Lipinski definition) is 0. The van der Waals surface area contributed by atoms with E-state index in [1.807, 2.05) is 0 Å². The molecule has 3 aromatic carbocycles. The topological polar surface area (TPSA) is 0 Å². The minimum Gasteiger partial charge on any atom is -0.0849 e. The Labute approximate surface area is 171 Å². The van der Waals surface area contributed by atoms with Crippen LogP contribution in [0.25, 0.3) is 0 Å². The van der Waals surface area contributed by atoms with Crippen molar-refractivity contribution < 1.29 is 0 Å². The second-order valence-electron chi connectivity index (χ2n) is 7.32. The van der Waals surface area contributed by atoms with Crippen LogP contribution in [0.3, 0.4) is 0 Å². The standard InChI is InChI=1S/C27H32P/c1-2-3-4-5-6-7-17-24-28(25-18-11-8-12-19-25,26-20-13-9-14-21-26)27-22-15-10-16-23-27/h7-23H,2-6,24H2,1H3/q+1/b17-7+. The summed E-state index contributed by atoms with van der Waals surface area (Å²) in [7, 11) is -1.70. The third-order valence-corrected chi connectivity index (χ3v) is 9.66. The van der Waals surface area contributed by atoms with Gasteiger partial charge >= 0.3 is 0 Å². The molecule has 0 unspecified atom stereocenters. The van der Waals surface area contributed by atoms with Crippen molar-refractivity contribution >= 4 is 23.2 Å². The highest BCUT2D eigenvalue weighted by molar-refractivity contribution is 7.95. The van der Waals surface area contributed by atoms with E-state index in [4.69, 9.17) is 0 Å².